The Morgan fingerprint density at radius 2 is 1.75 bits per heavy atom. The van der Waals surface area contributed by atoms with Gasteiger partial charge in [0.2, 0.25) is 0 Å². The average Bonchev–Trinajstić information content (AvgIpc) is 2.15. The van der Waals surface area contributed by atoms with Gasteiger partial charge in [-0.3, -0.25) is 4.79 Å². The lowest BCUT2D eigenvalue weighted by Gasteiger charge is -2.32. The molecule has 0 bridgehead atoms. The Labute approximate surface area is 96.9 Å². The number of likely N-dealkylation sites (tertiary alicyclic amines) is 1. The molecular weight excluding hydrogens is 206 g/mol. The molecule has 1 radical (unpaired) electrons. The first-order valence-corrected chi connectivity index (χ1v) is 5.63. The molecule has 1 aliphatic rings. The van der Waals surface area contributed by atoms with E-state index in [0.717, 1.165) is 0 Å². The van der Waals surface area contributed by atoms with Crippen molar-refractivity contribution >= 4 is 11.9 Å². The SMILES string of the molecule is [CH2]C(=O)C1CCN(C(=O)OC(C)(C)C)CC1. The van der Waals surface area contributed by atoms with Crippen LogP contribution in [-0.4, -0.2) is 35.5 Å². The Kier molecular flexibility index (Phi) is 3.94. The second-order valence-corrected chi connectivity index (χ2v) is 5.21. The molecule has 1 amide bonds. The number of Topliss-reactive ketones (excluding diaryl/α,β-unsaturated/α-hetero) is 1. The van der Waals surface area contributed by atoms with E-state index in [1.807, 2.05) is 20.8 Å². The smallest absolute Gasteiger partial charge is 0.410 e. The third kappa shape index (κ3) is 3.83. The van der Waals surface area contributed by atoms with Crippen molar-refractivity contribution in [2.24, 2.45) is 5.92 Å². The van der Waals surface area contributed by atoms with E-state index in [1.165, 1.54) is 0 Å². The van der Waals surface area contributed by atoms with Crippen LogP contribution >= 0.6 is 0 Å². The standard InChI is InChI=1S/C12H20NO3/c1-9(14)10-5-7-13(8-6-10)11(15)16-12(2,3)4/h10H,1,5-8H2,2-4H3. The van der Waals surface area contributed by atoms with Crippen LogP contribution in [0.15, 0.2) is 0 Å². The molecule has 1 aliphatic heterocycles. The van der Waals surface area contributed by atoms with Crippen molar-refractivity contribution in [1.29, 1.82) is 0 Å². The number of hydrogen-bond acceptors (Lipinski definition) is 3. The molecule has 1 rings (SSSR count). The zero-order valence-electron chi connectivity index (χ0n) is 10.3. The fraction of sp³-hybridized carbons (Fsp3) is 0.750. The van der Waals surface area contributed by atoms with Crippen LogP contribution in [0.5, 0.6) is 0 Å². The zero-order valence-corrected chi connectivity index (χ0v) is 10.3. The molecular formula is C12H20NO3. The summed E-state index contributed by atoms with van der Waals surface area (Å²) in [6, 6.07) is 0. The number of ether oxygens (including phenoxy) is 1. The number of rotatable bonds is 1. The molecule has 0 aromatic carbocycles. The fourth-order valence-corrected chi connectivity index (χ4v) is 1.71. The maximum atomic E-state index is 11.7. The van der Waals surface area contributed by atoms with E-state index in [4.69, 9.17) is 4.74 Å². The number of carbonyl (C=O) groups excluding carboxylic acids is 2. The summed E-state index contributed by atoms with van der Waals surface area (Å²) in [5.41, 5.74) is -0.462. The van der Waals surface area contributed by atoms with Crippen LogP contribution in [0.1, 0.15) is 33.6 Å². The van der Waals surface area contributed by atoms with Gasteiger partial charge in [0.1, 0.15) is 11.4 Å². The Balaban J connectivity index is 2.42. The number of amides is 1. The molecule has 0 spiro atoms. The van der Waals surface area contributed by atoms with Crippen LogP contribution in [-0.2, 0) is 9.53 Å². The molecule has 0 atom stereocenters. The van der Waals surface area contributed by atoms with Gasteiger partial charge in [-0.05, 0) is 33.6 Å². The third-order valence-electron chi connectivity index (χ3n) is 2.60. The van der Waals surface area contributed by atoms with Crippen molar-refractivity contribution in [2.75, 3.05) is 13.1 Å². The fourth-order valence-electron chi connectivity index (χ4n) is 1.71. The van der Waals surface area contributed by atoms with Gasteiger partial charge in [-0.25, -0.2) is 4.79 Å². The Bertz CT molecular complexity index is 272. The monoisotopic (exact) mass is 226 g/mol. The van der Waals surface area contributed by atoms with Gasteiger partial charge < -0.3 is 9.64 Å². The highest BCUT2D eigenvalue weighted by Gasteiger charge is 2.28. The van der Waals surface area contributed by atoms with Crippen molar-refractivity contribution in [3.8, 4) is 0 Å². The molecule has 1 fully saturated rings. The van der Waals surface area contributed by atoms with Gasteiger partial charge in [0.05, 0.1) is 0 Å². The molecule has 0 N–H and O–H groups in total. The van der Waals surface area contributed by atoms with Crippen LogP contribution in [0.2, 0.25) is 0 Å². The molecule has 0 aromatic heterocycles. The van der Waals surface area contributed by atoms with Gasteiger partial charge in [0, 0.05) is 25.9 Å². The van der Waals surface area contributed by atoms with E-state index < -0.39 is 5.60 Å². The van der Waals surface area contributed by atoms with E-state index in [1.54, 1.807) is 4.90 Å². The molecule has 0 saturated carbocycles. The van der Waals surface area contributed by atoms with Gasteiger partial charge in [-0.15, -0.1) is 0 Å². The Morgan fingerprint density at radius 1 is 1.25 bits per heavy atom. The lowest BCUT2D eigenvalue weighted by molar-refractivity contribution is -0.119. The molecule has 16 heavy (non-hydrogen) atoms. The Morgan fingerprint density at radius 3 is 2.12 bits per heavy atom. The molecule has 91 valence electrons. The number of hydrogen-bond donors (Lipinski definition) is 0. The van der Waals surface area contributed by atoms with E-state index in [9.17, 15) is 9.59 Å². The van der Waals surface area contributed by atoms with Crippen LogP contribution < -0.4 is 0 Å². The first-order valence-electron chi connectivity index (χ1n) is 5.63. The number of carbonyl (C=O) groups is 2. The summed E-state index contributed by atoms with van der Waals surface area (Å²) in [6.45, 7) is 10.1. The Hall–Kier alpha value is -1.06. The normalized spacial score (nSPS) is 18.4. The molecule has 1 heterocycles. The van der Waals surface area contributed by atoms with Crippen LogP contribution in [0, 0.1) is 12.8 Å². The quantitative estimate of drug-likeness (QED) is 0.687. The minimum absolute atomic E-state index is 0.0127. The van der Waals surface area contributed by atoms with Crippen molar-refractivity contribution in [3.05, 3.63) is 6.92 Å². The highest BCUT2D eigenvalue weighted by molar-refractivity contribution is 5.85. The number of nitrogens with zero attached hydrogens (tertiary/aromatic N) is 1. The first kappa shape index (κ1) is 13.0. The number of piperidine rings is 1. The predicted octanol–water partition coefficient (Wildman–Crippen LogP) is 2.04. The van der Waals surface area contributed by atoms with Crippen molar-refractivity contribution in [3.63, 3.8) is 0 Å². The summed E-state index contributed by atoms with van der Waals surface area (Å²) < 4.78 is 5.26. The second-order valence-electron chi connectivity index (χ2n) is 5.21. The maximum absolute atomic E-state index is 11.7. The van der Waals surface area contributed by atoms with Crippen LogP contribution in [0.4, 0.5) is 4.79 Å². The summed E-state index contributed by atoms with van der Waals surface area (Å²) in [5.74, 6) is -0.0116. The summed E-state index contributed by atoms with van der Waals surface area (Å²) in [7, 11) is 0. The summed E-state index contributed by atoms with van der Waals surface area (Å²) >= 11 is 0. The first-order chi connectivity index (χ1) is 7.29. The molecule has 4 heteroatoms. The molecule has 0 unspecified atom stereocenters. The van der Waals surface area contributed by atoms with Gasteiger partial charge in [0.25, 0.3) is 0 Å². The van der Waals surface area contributed by atoms with Crippen molar-refractivity contribution in [1.82, 2.24) is 4.90 Å². The van der Waals surface area contributed by atoms with E-state index in [2.05, 4.69) is 6.92 Å². The van der Waals surface area contributed by atoms with Crippen molar-refractivity contribution in [2.45, 2.75) is 39.2 Å². The summed E-state index contributed by atoms with van der Waals surface area (Å²) in [4.78, 5) is 24.4. The molecule has 0 aromatic rings. The van der Waals surface area contributed by atoms with E-state index >= 15 is 0 Å². The van der Waals surface area contributed by atoms with E-state index in [0.29, 0.717) is 25.9 Å². The lowest BCUT2D eigenvalue weighted by atomic mass is 9.94. The minimum Gasteiger partial charge on any atom is -0.444 e. The summed E-state index contributed by atoms with van der Waals surface area (Å²) in [5, 5.41) is 0. The van der Waals surface area contributed by atoms with E-state index in [-0.39, 0.29) is 17.8 Å². The van der Waals surface area contributed by atoms with Gasteiger partial charge in [-0.2, -0.15) is 0 Å². The van der Waals surface area contributed by atoms with Crippen molar-refractivity contribution < 1.29 is 14.3 Å². The summed E-state index contributed by atoms with van der Waals surface area (Å²) in [6.07, 6.45) is 1.10. The number of ketones is 1. The maximum Gasteiger partial charge on any atom is 0.410 e. The zero-order chi connectivity index (χ0) is 12.3. The van der Waals surface area contributed by atoms with Crippen LogP contribution in [0.3, 0.4) is 0 Å². The topological polar surface area (TPSA) is 46.6 Å². The third-order valence-corrected chi connectivity index (χ3v) is 2.60. The predicted molar refractivity (Wildman–Crippen MR) is 60.9 cm³/mol. The highest BCUT2D eigenvalue weighted by atomic mass is 16.6. The van der Waals surface area contributed by atoms with Gasteiger partial charge in [0.15, 0.2) is 0 Å². The van der Waals surface area contributed by atoms with Crippen LogP contribution in [0.25, 0.3) is 0 Å². The van der Waals surface area contributed by atoms with Gasteiger partial charge >= 0.3 is 6.09 Å². The minimum atomic E-state index is -0.462. The average molecular weight is 226 g/mol. The molecule has 4 nitrogen and oxygen atoms in total. The molecule has 0 aliphatic carbocycles. The lowest BCUT2D eigenvalue weighted by Crippen LogP contribution is -2.42. The highest BCUT2D eigenvalue weighted by Crippen LogP contribution is 2.19. The molecule has 1 saturated heterocycles. The second kappa shape index (κ2) is 4.85. The van der Waals surface area contributed by atoms with Gasteiger partial charge in [-0.1, -0.05) is 0 Å². The largest absolute Gasteiger partial charge is 0.444 e.